The van der Waals surface area contributed by atoms with Gasteiger partial charge in [-0.25, -0.2) is 0 Å². The van der Waals surface area contributed by atoms with Crippen LogP contribution in [0.1, 0.15) is 0 Å². The molecule has 0 spiro atoms. The number of nitrogens with zero attached hydrogens (tertiary/aromatic N) is 1. The molecule has 9 aromatic rings. The van der Waals surface area contributed by atoms with Gasteiger partial charge in [0, 0.05) is 36.6 Å². The standard InChI is InChI=1S/C42H27NS/c1-2-10-28(11-3-1)29-12-8-13-30(24-29)31-14-9-15-32(25-31)33-20-22-40-37(26-33)35-16-4-6-18-39(35)43(40)34-21-23-42-38(27-34)36-17-5-7-19-41(36)44-42/h1-27H. The second-order valence-corrected chi connectivity index (χ2v) is 12.5. The minimum absolute atomic E-state index is 1.19. The van der Waals surface area contributed by atoms with E-state index in [1.54, 1.807) is 0 Å². The van der Waals surface area contributed by atoms with Gasteiger partial charge in [0.25, 0.3) is 0 Å². The summed E-state index contributed by atoms with van der Waals surface area (Å²) >= 11 is 1.86. The van der Waals surface area contributed by atoms with E-state index < -0.39 is 0 Å². The van der Waals surface area contributed by atoms with Crippen LogP contribution >= 0.6 is 11.3 Å². The van der Waals surface area contributed by atoms with E-state index in [9.17, 15) is 0 Å². The average Bonchev–Trinajstić information content (AvgIpc) is 3.64. The lowest BCUT2D eigenvalue weighted by Gasteiger charge is -2.10. The Morgan fingerprint density at radius 3 is 1.66 bits per heavy atom. The van der Waals surface area contributed by atoms with E-state index in [1.165, 1.54) is 81.0 Å². The zero-order valence-electron chi connectivity index (χ0n) is 23.9. The summed E-state index contributed by atoms with van der Waals surface area (Å²) in [6.45, 7) is 0. The van der Waals surface area contributed by atoms with E-state index >= 15 is 0 Å². The van der Waals surface area contributed by atoms with Gasteiger partial charge in [0.1, 0.15) is 0 Å². The summed E-state index contributed by atoms with van der Waals surface area (Å²) in [4.78, 5) is 0. The minimum Gasteiger partial charge on any atom is -0.309 e. The third kappa shape index (κ3) is 4.07. The molecule has 0 radical (unpaired) electrons. The number of thiophene rings is 1. The number of fused-ring (bicyclic) bond motifs is 6. The van der Waals surface area contributed by atoms with Gasteiger partial charge in [-0.15, -0.1) is 11.3 Å². The third-order valence-corrected chi connectivity index (χ3v) is 9.94. The number of hydrogen-bond donors (Lipinski definition) is 0. The van der Waals surface area contributed by atoms with Crippen molar-refractivity contribution in [2.45, 2.75) is 0 Å². The van der Waals surface area contributed by atoms with Crippen molar-refractivity contribution in [2.24, 2.45) is 0 Å². The van der Waals surface area contributed by atoms with Crippen molar-refractivity contribution in [1.82, 2.24) is 4.57 Å². The molecule has 0 atom stereocenters. The third-order valence-electron chi connectivity index (χ3n) is 8.79. The Labute approximate surface area is 259 Å². The lowest BCUT2D eigenvalue weighted by molar-refractivity contribution is 1.19. The van der Waals surface area contributed by atoms with Crippen LogP contribution in [0, 0.1) is 0 Å². The van der Waals surface area contributed by atoms with Crippen molar-refractivity contribution < 1.29 is 0 Å². The zero-order valence-corrected chi connectivity index (χ0v) is 24.8. The maximum Gasteiger partial charge on any atom is 0.0541 e. The molecule has 0 N–H and O–H groups in total. The number of hydrogen-bond acceptors (Lipinski definition) is 1. The van der Waals surface area contributed by atoms with Crippen LogP contribution in [0.15, 0.2) is 164 Å². The van der Waals surface area contributed by atoms with Crippen LogP contribution in [-0.4, -0.2) is 4.57 Å². The molecule has 2 aromatic heterocycles. The first-order valence-corrected chi connectivity index (χ1v) is 15.8. The lowest BCUT2D eigenvalue weighted by atomic mass is 9.96. The van der Waals surface area contributed by atoms with Crippen LogP contribution in [0.2, 0.25) is 0 Å². The number of benzene rings is 7. The predicted octanol–water partition coefficient (Wildman–Crippen LogP) is 12.2. The summed E-state index contributed by atoms with van der Waals surface area (Å²) < 4.78 is 5.08. The Balaban J connectivity index is 1.17. The van der Waals surface area contributed by atoms with Gasteiger partial charge in [-0.3, -0.25) is 0 Å². The summed E-state index contributed by atoms with van der Waals surface area (Å²) in [5.74, 6) is 0. The minimum atomic E-state index is 1.19. The molecule has 9 rings (SSSR count). The summed E-state index contributed by atoms with van der Waals surface area (Å²) in [7, 11) is 0. The second-order valence-electron chi connectivity index (χ2n) is 11.4. The molecule has 0 amide bonds. The highest BCUT2D eigenvalue weighted by atomic mass is 32.1. The van der Waals surface area contributed by atoms with Crippen LogP contribution in [-0.2, 0) is 0 Å². The molecule has 0 bridgehead atoms. The first kappa shape index (κ1) is 25.1. The molecule has 0 saturated carbocycles. The summed E-state index contributed by atoms with van der Waals surface area (Å²) in [5.41, 5.74) is 11.0. The molecule has 0 aliphatic rings. The van der Waals surface area contributed by atoms with E-state index in [-0.39, 0.29) is 0 Å². The molecule has 0 aliphatic carbocycles. The van der Waals surface area contributed by atoms with Crippen LogP contribution in [0.4, 0.5) is 0 Å². The monoisotopic (exact) mass is 577 g/mol. The smallest absolute Gasteiger partial charge is 0.0541 e. The van der Waals surface area contributed by atoms with Gasteiger partial charge < -0.3 is 4.57 Å². The maximum absolute atomic E-state index is 2.42. The molecule has 0 unspecified atom stereocenters. The first-order chi connectivity index (χ1) is 21.8. The van der Waals surface area contributed by atoms with Crippen molar-refractivity contribution in [3.8, 4) is 39.1 Å². The molecule has 2 heterocycles. The SMILES string of the molecule is c1ccc(-c2cccc(-c3cccc(-c4ccc5c(c4)c4ccccc4n5-c4ccc5sc6ccccc6c5c4)c3)c2)cc1. The van der Waals surface area contributed by atoms with Crippen molar-refractivity contribution >= 4 is 53.3 Å². The van der Waals surface area contributed by atoms with Gasteiger partial charge in [0.15, 0.2) is 0 Å². The fourth-order valence-electron chi connectivity index (χ4n) is 6.67. The van der Waals surface area contributed by atoms with Gasteiger partial charge in [0.05, 0.1) is 11.0 Å². The molecule has 2 heteroatoms. The van der Waals surface area contributed by atoms with Crippen molar-refractivity contribution in [3.05, 3.63) is 164 Å². The molecule has 1 nitrogen and oxygen atoms in total. The van der Waals surface area contributed by atoms with Gasteiger partial charge in [0.2, 0.25) is 0 Å². The Kier molecular flexibility index (Phi) is 5.75. The highest BCUT2D eigenvalue weighted by Crippen LogP contribution is 2.39. The molecule has 0 aliphatic heterocycles. The quantitative estimate of drug-likeness (QED) is 0.196. The van der Waals surface area contributed by atoms with Crippen LogP contribution in [0.5, 0.6) is 0 Å². The second kappa shape index (κ2) is 10.1. The lowest BCUT2D eigenvalue weighted by Crippen LogP contribution is -1.93. The number of para-hydroxylation sites is 1. The number of aromatic nitrogens is 1. The average molecular weight is 578 g/mol. The van der Waals surface area contributed by atoms with Crippen molar-refractivity contribution in [3.63, 3.8) is 0 Å². The van der Waals surface area contributed by atoms with Crippen LogP contribution in [0.25, 0.3) is 81.0 Å². The van der Waals surface area contributed by atoms with Crippen molar-refractivity contribution in [2.75, 3.05) is 0 Å². The Bertz CT molecular complexity index is 2500. The zero-order chi connectivity index (χ0) is 29.0. The van der Waals surface area contributed by atoms with Gasteiger partial charge in [-0.1, -0.05) is 109 Å². The molecule has 0 fully saturated rings. The van der Waals surface area contributed by atoms with Gasteiger partial charge in [-0.2, -0.15) is 0 Å². The first-order valence-electron chi connectivity index (χ1n) is 15.0. The highest BCUT2D eigenvalue weighted by Gasteiger charge is 2.15. The normalized spacial score (nSPS) is 11.6. The molecule has 44 heavy (non-hydrogen) atoms. The summed E-state index contributed by atoms with van der Waals surface area (Å²) in [6.07, 6.45) is 0. The maximum atomic E-state index is 2.42. The molecular formula is C42H27NS. The van der Waals surface area contributed by atoms with Crippen LogP contribution < -0.4 is 0 Å². The Morgan fingerprint density at radius 1 is 0.318 bits per heavy atom. The fourth-order valence-corrected chi connectivity index (χ4v) is 7.76. The molecule has 0 saturated heterocycles. The molecule has 206 valence electrons. The van der Waals surface area contributed by atoms with Gasteiger partial charge >= 0.3 is 0 Å². The van der Waals surface area contributed by atoms with E-state index in [4.69, 9.17) is 0 Å². The topological polar surface area (TPSA) is 4.93 Å². The van der Waals surface area contributed by atoms with E-state index in [0.717, 1.165) is 0 Å². The molecule has 7 aromatic carbocycles. The fraction of sp³-hybridized carbons (Fsp3) is 0. The Hall–Kier alpha value is -5.44. The summed E-state index contributed by atoms with van der Waals surface area (Å²) in [6, 6.07) is 59.7. The van der Waals surface area contributed by atoms with Crippen molar-refractivity contribution in [1.29, 1.82) is 0 Å². The predicted molar refractivity (Wildman–Crippen MR) is 190 cm³/mol. The summed E-state index contributed by atoms with van der Waals surface area (Å²) in [5, 5.41) is 5.18. The highest BCUT2D eigenvalue weighted by molar-refractivity contribution is 7.25. The Morgan fingerprint density at radius 2 is 0.886 bits per heavy atom. The van der Waals surface area contributed by atoms with Gasteiger partial charge in [-0.05, 0) is 88.0 Å². The van der Waals surface area contributed by atoms with Crippen LogP contribution in [0.3, 0.4) is 0 Å². The number of rotatable bonds is 4. The van der Waals surface area contributed by atoms with E-state index in [2.05, 4.69) is 168 Å². The molecular weight excluding hydrogens is 551 g/mol. The largest absolute Gasteiger partial charge is 0.309 e. The van der Waals surface area contributed by atoms with E-state index in [0.29, 0.717) is 0 Å². The van der Waals surface area contributed by atoms with E-state index in [1.807, 2.05) is 11.3 Å².